The molecule has 1 atom stereocenters. The number of aliphatic imine (C=N–C) groups is 1. The fourth-order valence-electron chi connectivity index (χ4n) is 0.577. The minimum atomic E-state index is -0.00907. The fraction of sp³-hybridized carbons (Fsp3) is 0.900. The van der Waals surface area contributed by atoms with Gasteiger partial charge in [0.2, 0.25) is 0 Å². The summed E-state index contributed by atoms with van der Waals surface area (Å²) < 4.78 is 0. The minimum absolute atomic E-state index is 0. The van der Waals surface area contributed by atoms with Crippen molar-refractivity contribution in [2.24, 2.45) is 4.99 Å². The summed E-state index contributed by atoms with van der Waals surface area (Å²) >= 11 is 0. The Morgan fingerprint density at radius 3 is 2.21 bits per heavy atom. The Morgan fingerprint density at radius 1 is 1.36 bits per heavy atom. The van der Waals surface area contributed by atoms with Crippen LogP contribution in [-0.4, -0.2) is 43.5 Å². The molecule has 0 spiro atoms. The number of hydrogen-bond donors (Lipinski definition) is 0. The van der Waals surface area contributed by atoms with Gasteiger partial charge in [-0.2, -0.15) is 0 Å². The van der Waals surface area contributed by atoms with E-state index in [0.29, 0.717) is 6.04 Å². The molecule has 0 aliphatic carbocycles. The number of rotatable bonds is 4. The normalized spacial score (nSPS) is 14.2. The van der Waals surface area contributed by atoms with Gasteiger partial charge >= 0.3 is 0 Å². The second kappa shape index (κ2) is 7.26. The predicted octanol–water partition coefficient (Wildman–Crippen LogP) is 2.13. The summed E-state index contributed by atoms with van der Waals surface area (Å²) in [6, 6.07) is 0.478. The van der Waals surface area contributed by atoms with Crippen molar-refractivity contribution >= 4 is 6.34 Å². The van der Waals surface area contributed by atoms with Crippen molar-refractivity contribution < 1.29 is 16.8 Å². The fourth-order valence-corrected chi connectivity index (χ4v) is 0.577. The summed E-state index contributed by atoms with van der Waals surface area (Å²) in [4.78, 5) is 6.42. The Bertz CT molecular complexity index is 161. The molecule has 0 N–H and O–H groups in total. The van der Waals surface area contributed by atoms with Gasteiger partial charge in [-0.15, -0.1) is 6.34 Å². The first-order valence-corrected chi connectivity index (χ1v) is 4.69. The van der Waals surface area contributed by atoms with Gasteiger partial charge in [-0.05, 0) is 33.1 Å². The van der Waals surface area contributed by atoms with Crippen molar-refractivity contribution in [1.29, 1.82) is 0 Å². The molecule has 0 aliphatic heterocycles. The van der Waals surface area contributed by atoms with Crippen LogP contribution in [0.5, 0.6) is 0 Å². The van der Waals surface area contributed by atoms with Gasteiger partial charge in [0.25, 0.3) is 0 Å². The van der Waals surface area contributed by atoms with Crippen molar-refractivity contribution in [1.82, 2.24) is 4.90 Å². The third-order valence-corrected chi connectivity index (χ3v) is 1.78. The van der Waals surface area contributed by atoms with Crippen molar-refractivity contribution in [3.63, 3.8) is 0 Å². The van der Waals surface area contributed by atoms with E-state index in [9.17, 15) is 0 Å². The summed E-state index contributed by atoms with van der Waals surface area (Å²) in [6.07, 6.45) is 1.68. The monoisotopic (exact) mass is 243 g/mol. The van der Waals surface area contributed by atoms with Crippen molar-refractivity contribution in [3.05, 3.63) is 5.32 Å². The van der Waals surface area contributed by atoms with E-state index in [1.807, 2.05) is 0 Å². The molecule has 14 heavy (non-hydrogen) atoms. The molecule has 3 nitrogen and oxygen atoms in total. The molecule has 0 heterocycles. The number of hydrogen-bond acceptors (Lipinski definition) is 2. The molecular formula is C10H22CoN3-. The van der Waals surface area contributed by atoms with Gasteiger partial charge in [0.15, 0.2) is 0 Å². The first-order valence-electron chi connectivity index (χ1n) is 4.69. The van der Waals surface area contributed by atoms with Crippen LogP contribution < -0.4 is 0 Å². The molecule has 0 aromatic rings. The summed E-state index contributed by atoms with van der Waals surface area (Å²) in [5.41, 5.74) is -0.00907. The van der Waals surface area contributed by atoms with E-state index in [-0.39, 0.29) is 22.3 Å². The molecule has 1 radical (unpaired) electrons. The molecule has 4 heteroatoms. The van der Waals surface area contributed by atoms with Crippen LogP contribution >= 0.6 is 0 Å². The summed E-state index contributed by atoms with van der Waals surface area (Å²) in [5, 5.41) is 4.24. The van der Waals surface area contributed by atoms with Crippen LogP contribution in [0.1, 0.15) is 27.7 Å². The van der Waals surface area contributed by atoms with E-state index in [1.165, 1.54) is 0 Å². The van der Waals surface area contributed by atoms with Crippen LogP contribution in [0.2, 0.25) is 0 Å². The second-order valence-corrected chi connectivity index (χ2v) is 4.59. The third-order valence-electron chi connectivity index (χ3n) is 1.78. The van der Waals surface area contributed by atoms with E-state index < -0.39 is 0 Å². The maximum atomic E-state index is 4.28. The largest absolute Gasteiger partial charge is 0.470 e. The number of nitrogens with zero attached hydrogens (tertiary/aromatic N) is 3. The summed E-state index contributed by atoms with van der Waals surface area (Å²) in [5.74, 6) is 0. The zero-order valence-corrected chi connectivity index (χ0v) is 11.1. The molecule has 0 fully saturated rings. The van der Waals surface area contributed by atoms with Gasteiger partial charge in [0.1, 0.15) is 0 Å². The van der Waals surface area contributed by atoms with E-state index in [4.69, 9.17) is 0 Å². The Labute approximate surface area is 98.5 Å². The van der Waals surface area contributed by atoms with Crippen molar-refractivity contribution in [3.8, 4) is 0 Å². The van der Waals surface area contributed by atoms with Gasteiger partial charge in [-0.1, -0.05) is 20.8 Å². The average Bonchev–Trinajstić information content (AvgIpc) is 1.95. The predicted molar refractivity (Wildman–Crippen MR) is 59.6 cm³/mol. The van der Waals surface area contributed by atoms with Crippen LogP contribution in [-0.2, 0) is 16.8 Å². The molecule has 0 aromatic carbocycles. The molecule has 0 aromatic heterocycles. The van der Waals surface area contributed by atoms with Crippen LogP contribution in [0.3, 0.4) is 0 Å². The first-order chi connectivity index (χ1) is 5.83. The van der Waals surface area contributed by atoms with E-state index >= 15 is 0 Å². The van der Waals surface area contributed by atoms with Gasteiger partial charge in [0.05, 0.1) is 0 Å². The molecule has 0 saturated carbocycles. The van der Waals surface area contributed by atoms with Crippen molar-refractivity contribution in [2.75, 3.05) is 20.6 Å². The van der Waals surface area contributed by atoms with Crippen LogP contribution in [0.15, 0.2) is 4.99 Å². The quantitative estimate of drug-likeness (QED) is 0.549. The average molecular weight is 243 g/mol. The Hall–Kier alpha value is -0.0635. The van der Waals surface area contributed by atoms with Gasteiger partial charge in [-0.25, -0.2) is 0 Å². The second-order valence-electron chi connectivity index (χ2n) is 4.59. The van der Waals surface area contributed by atoms with Gasteiger partial charge < -0.3 is 15.2 Å². The number of likely N-dealkylation sites (N-methyl/N-ethyl adjacent to an activating group) is 1. The first kappa shape index (κ1) is 16.4. The Morgan fingerprint density at radius 2 is 1.86 bits per heavy atom. The zero-order valence-electron chi connectivity index (χ0n) is 10.0. The smallest absolute Gasteiger partial charge is 0.00538 e. The Balaban J connectivity index is 0. The maximum Gasteiger partial charge on any atom is 0.00538 e. The van der Waals surface area contributed by atoms with E-state index in [2.05, 4.69) is 57.0 Å². The molecule has 87 valence electrons. The molecule has 1 unspecified atom stereocenters. The van der Waals surface area contributed by atoms with Crippen LogP contribution in [0.25, 0.3) is 5.32 Å². The summed E-state index contributed by atoms with van der Waals surface area (Å²) in [7, 11) is 4.11. The van der Waals surface area contributed by atoms with E-state index in [0.717, 1.165) is 6.54 Å². The molecule has 0 amide bonds. The maximum absolute atomic E-state index is 4.28. The third kappa shape index (κ3) is 10.0. The van der Waals surface area contributed by atoms with Gasteiger partial charge in [0, 0.05) is 22.8 Å². The van der Waals surface area contributed by atoms with Gasteiger partial charge in [-0.3, -0.25) is 0 Å². The topological polar surface area (TPSA) is 29.7 Å². The molecular weight excluding hydrogens is 221 g/mol. The van der Waals surface area contributed by atoms with Crippen LogP contribution in [0.4, 0.5) is 0 Å². The minimum Gasteiger partial charge on any atom is -0.470 e. The molecule has 0 bridgehead atoms. The summed E-state index contributed by atoms with van der Waals surface area (Å²) in [6.45, 7) is 9.15. The molecule has 0 aliphatic rings. The van der Waals surface area contributed by atoms with Crippen LogP contribution in [0, 0.1) is 0 Å². The molecule has 0 rings (SSSR count). The zero-order chi connectivity index (χ0) is 10.5. The SMILES string of the molecule is CC(C[N-]C=NC(C)(C)C)N(C)C.[Co]. The van der Waals surface area contributed by atoms with E-state index in [1.54, 1.807) is 6.34 Å². The standard InChI is InChI=1S/C10H22N3.Co/c1-9(13(5)6)7-11-8-12-10(2,3)4;/h8-9H,7H2,1-6H3;/q-1;. The van der Waals surface area contributed by atoms with Crippen molar-refractivity contribution in [2.45, 2.75) is 39.3 Å². The Kier molecular flexibility index (Phi) is 8.49. The molecule has 0 saturated heterocycles.